The second-order valence-electron chi connectivity index (χ2n) is 10.6. The molecule has 13 nitrogen and oxygen atoms in total. The predicted octanol–water partition coefficient (Wildman–Crippen LogP) is 3.28. The minimum absolute atomic E-state index is 0.00897. The summed E-state index contributed by atoms with van der Waals surface area (Å²) in [6, 6.07) is 9.10. The van der Waals surface area contributed by atoms with Crippen molar-refractivity contribution in [2.24, 2.45) is 17.8 Å². The van der Waals surface area contributed by atoms with Gasteiger partial charge in [0.2, 0.25) is 6.79 Å². The van der Waals surface area contributed by atoms with Crippen LogP contribution >= 0.6 is 0 Å². The summed E-state index contributed by atoms with van der Waals surface area (Å²) < 4.78 is 31.9. The lowest BCUT2D eigenvalue weighted by atomic mass is 9.94. The number of rotatable bonds is 17. The highest BCUT2D eigenvalue weighted by molar-refractivity contribution is 5.98. The third kappa shape index (κ3) is 11.4. The van der Waals surface area contributed by atoms with E-state index in [1.807, 2.05) is 30.3 Å². The molecule has 13 heteroatoms. The number of hydrogen-bond donors (Lipinski definition) is 1. The van der Waals surface area contributed by atoms with Crippen molar-refractivity contribution in [3.63, 3.8) is 0 Å². The van der Waals surface area contributed by atoms with E-state index in [0.717, 1.165) is 5.56 Å². The SMILES string of the molecule is CCOC(=O)[C@H](COC(=O)[C@H](Cc1ccccc1)[C@H](C)OC(=O)C(C)C)NC(=O)c1nccc(OC)c1OCOC(=O)C(C)C. The number of methoxy groups -OCH3 is 1. The molecule has 0 aliphatic rings. The van der Waals surface area contributed by atoms with E-state index in [2.05, 4.69) is 10.3 Å². The van der Waals surface area contributed by atoms with Crippen LogP contribution in [0.2, 0.25) is 0 Å². The van der Waals surface area contributed by atoms with Crippen molar-refractivity contribution >= 4 is 29.8 Å². The Hall–Kier alpha value is -4.68. The number of amides is 1. The molecule has 1 N–H and O–H groups in total. The first-order valence-electron chi connectivity index (χ1n) is 14.6. The largest absolute Gasteiger partial charge is 0.493 e. The lowest BCUT2D eigenvalue weighted by Crippen LogP contribution is -2.46. The molecule has 3 atom stereocenters. The number of ether oxygens (including phenoxy) is 6. The van der Waals surface area contributed by atoms with Crippen LogP contribution in [0.4, 0.5) is 0 Å². The molecule has 1 aromatic heterocycles. The molecule has 0 unspecified atom stereocenters. The van der Waals surface area contributed by atoms with Crippen molar-refractivity contribution < 1.29 is 52.4 Å². The number of nitrogens with zero attached hydrogens (tertiary/aromatic N) is 1. The number of esters is 4. The lowest BCUT2D eigenvalue weighted by molar-refractivity contribution is -0.164. The molecule has 0 saturated carbocycles. The summed E-state index contributed by atoms with van der Waals surface area (Å²) in [7, 11) is 1.34. The van der Waals surface area contributed by atoms with Crippen molar-refractivity contribution in [2.45, 2.75) is 60.1 Å². The van der Waals surface area contributed by atoms with E-state index in [9.17, 15) is 24.0 Å². The van der Waals surface area contributed by atoms with E-state index in [1.165, 1.54) is 19.4 Å². The van der Waals surface area contributed by atoms with Crippen molar-refractivity contribution in [3.8, 4) is 11.5 Å². The Labute approximate surface area is 262 Å². The molecule has 0 spiro atoms. The monoisotopic (exact) mass is 630 g/mol. The maximum Gasteiger partial charge on any atom is 0.332 e. The van der Waals surface area contributed by atoms with E-state index >= 15 is 0 Å². The van der Waals surface area contributed by atoms with Gasteiger partial charge in [-0.2, -0.15) is 0 Å². The molecule has 0 aliphatic carbocycles. The molecule has 1 amide bonds. The number of nitrogens with one attached hydrogen (secondary N) is 1. The van der Waals surface area contributed by atoms with E-state index in [1.54, 1.807) is 41.5 Å². The maximum atomic E-state index is 13.4. The molecular weight excluding hydrogens is 588 g/mol. The number of benzene rings is 1. The average Bonchev–Trinajstić information content (AvgIpc) is 3.01. The highest BCUT2D eigenvalue weighted by atomic mass is 16.7. The zero-order valence-electron chi connectivity index (χ0n) is 26.7. The summed E-state index contributed by atoms with van der Waals surface area (Å²) in [4.78, 5) is 67.7. The van der Waals surface area contributed by atoms with Crippen LogP contribution in [0.5, 0.6) is 11.5 Å². The Balaban J connectivity index is 2.26. The number of aromatic nitrogens is 1. The molecular formula is C32H42N2O11. The summed E-state index contributed by atoms with van der Waals surface area (Å²) in [6.07, 6.45) is 0.626. The Bertz CT molecular complexity index is 1300. The molecule has 0 radical (unpaired) electrons. The zero-order valence-corrected chi connectivity index (χ0v) is 26.7. The number of hydrogen-bond acceptors (Lipinski definition) is 12. The third-order valence-corrected chi connectivity index (χ3v) is 6.39. The van der Waals surface area contributed by atoms with Crippen LogP contribution in [0.1, 0.15) is 57.6 Å². The van der Waals surface area contributed by atoms with Gasteiger partial charge in [0.25, 0.3) is 5.91 Å². The van der Waals surface area contributed by atoms with Gasteiger partial charge in [-0.05, 0) is 25.8 Å². The molecule has 0 fully saturated rings. The van der Waals surface area contributed by atoms with Gasteiger partial charge < -0.3 is 33.7 Å². The molecule has 0 aliphatic heterocycles. The van der Waals surface area contributed by atoms with Crippen molar-refractivity contribution in [1.82, 2.24) is 10.3 Å². The first kappa shape index (κ1) is 36.5. The van der Waals surface area contributed by atoms with E-state index in [4.69, 9.17) is 28.4 Å². The summed E-state index contributed by atoms with van der Waals surface area (Å²) >= 11 is 0. The molecule has 2 aromatic rings. The summed E-state index contributed by atoms with van der Waals surface area (Å²) in [5.41, 5.74) is 0.518. The fourth-order valence-electron chi connectivity index (χ4n) is 3.83. The molecule has 2 rings (SSSR count). The van der Waals surface area contributed by atoms with Crippen molar-refractivity contribution in [2.75, 3.05) is 27.1 Å². The Morgan fingerprint density at radius 2 is 1.49 bits per heavy atom. The Morgan fingerprint density at radius 1 is 0.822 bits per heavy atom. The highest BCUT2D eigenvalue weighted by Crippen LogP contribution is 2.29. The zero-order chi connectivity index (χ0) is 33.5. The summed E-state index contributed by atoms with van der Waals surface area (Å²) in [6.45, 7) is 8.70. The second-order valence-corrected chi connectivity index (χ2v) is 10.6. The normalized spacial score (nSPS) is 12.8. The van der Waals surface area contributed by atoms with Crippen LogP contribution < -0.4 is 14.8 Å². The average molecular weight is 631 g/mol. The van der Waals surface area contributed by atoms with E-state index in [0.29, 0.717) is 0 Å². The van der Waals surface area contributed by atoms with Crippen LogP contribution in [-0.2, 0) is 44.5 Å². The van der Waals surface area contributed by atoms with Crippen molar-refractivity contribution in [3.05, 3.63) is 53.9 Å². The van der Waals surface area contributed by atoms with Crippen LogP contribution in [0.15, 0.2) is 42.6 Å². The van der Waals surface area contributed by atoms with E-state index < -0.39 is 73.1 Å². The smallest absolute Gasteiger partial charge is 0.332 e. The van der Waals surface area contributed by atoms with Gasteiger partial charge in [0.1, 0.15) is 12.7 Å². The molecule has 45 heavy (non-hydrogen) atoms. The highest BCUT2D eigenvalue weighted by Gasteiger charge is 2.33. The molecule has 1 heterocycles. The predicted molar refractivity (Wildman–Crippen MR) is 160 cm³/mol. The second kappa shape index (κ2) is 18.2. The topological polar surface area (TPSA) is 166 Å². The first-order chi connectivity index (χ1) is 21.4. The number of carbonyl (C=O) groups excluding carboxylic acids is 5. The molecule has 0 saturated heterocycles. The Morgan fingerprint density at radius 3 is 2.09 bits per heavy atom. The first-order valence-corrected chi connectivity index (χ1v) is 14.6. The minimum Gasteiger partial charge on any atom is -0.493 e. The van der Waals surface area contributed by atoms with Crippen LogP contribution in [0.25, 0.3) is 0 Å². The minimum atomic E-state index is -1.44. The van der Waals surface area contributed by atoms with Gasteiger partial charge in [-0.3, -0.25) is 19.2 Å². The number of pyridine rings is 1. The quantitative estimate of drug-likeness (QED) is 0.154. The summed E-state index contributed by atoms with van der Waals surface area (Å²) in [5, 5.41) is 2.47. The van der Waals surface area contributed by atoms with Gasteiger partial charge in [-0.15, -0.1) is 0 Å². The lowest BCUT2D eigenvalue weighted by Gasteiger charge is -2.25. The van der Waals surface area contributed by atoms with Gasteiger partial charge in [-0.25, -0.2) is 9.78 Å². The fraction of sp³-hybridized carbons (Fsp3) is 0.500. The molecule has 246 valence electrons. The van der Waals surface area contributed by atoms with Gasteiger partial charge in [0, 0.05) is 12.3 Å². The van der Waals surface area contributed by atoms with Gasteiger partial charge in [-0.1, -0.05) is 58.0 Å². The van der Waals surface area contributed by atoms with Gasteiger partial charge in [0.15, 0.2) is 23.2 Å². The van der Waals surface area contributed by atoms with Crippen LogP contribution in [-0.4, -0.2) is 74.0 Å². The van der Waals surface area contributed by atoms with Crippen LogP contribution in [0, 0.1) is 17.8 Å². The Kier molecular flexibility index (Phi) is 14.8. The standard InChI is InChI=1S/C32H42N2O11/c1-8-41-32(39)24(34-28(35)26-27(25(40-7)14-15-33-26)43-18-44-29(36)19(2)3)17-42-31(38)23(16-22-12-10-9-11-13-22)21(6)45-30(37)20(4)5/h9-15,19-21,23-24H,8,16-18H2,1-7H3,(H,34,35)/t21-,23+,24-/m0/s1. The molecule has 0 bridgehead atoms. The van der Waals surface area contributed by atoms with E-state index in [-0.39, 0.29) is 30.2 Å². The van der Waals surface area contributed by atoms with Crippen LogP contribution in [0.3, 0.4) is 0 Å². The van der Waals surface area contributed by atoms with Gasteiger partial charge in [0.05, 0.1) is 31.5 Å². The summed E-state index contributed by atoms with van der Waals surface area (Å²) in [5.74, 6) is -5.25. The van der Waals surface area contributed by atoms with Crippen molar-refractivity contribution in [1.29, 1.82) is 0 Å². The maximum absolute atomic E-state index is 13.4. The fourth-order valence-corrected chi connectivity index (χ4v) is 3.83. The number of carbonyl (C=O) groups is 5. The molecule has 1 aromatic carbocycles. The third-order valence-electron chi connectivity index (χ3n) is 6.39. The van der Waals surface area contributed by atoms with Gasteiger partial charge >= 0.3 is 23.9 Å².